The molecule has 1 saturated carbocycles. The summed E-state index contributed by atoms with van der Waals surface area (Å²) >= 11 is 1.62. The summed E-state index contributed by atoms with van der Waals surface area (Å²) in [5, 5.41) is 4.07. The summed E-state index contributed by atoms with van der Waals surface area (Å²) in [5.41, 5.74) is 0. The molecule has 3 rings (SSSR count). The van der Waals surface area contributed by atoms with E-state index in [-0.39, 0.29) is 0 Å². The van der Waals surface area contributed by atoms with Gasteiger partial charge in [0, 0.05) is 19.0 Å². The number of anilines is 1. The van der Waals surface area contributed by atoms with Crippen molar-refractivity contribution in [1.29, 1.82) is 0 Å². The van der Waals surface area contributed by atoms with E-state index in [9.17, 15) is 0 Å². The van der Waals surface area contributed by atoms with Gasteiger partial charge in [-0.05, 0) is 25.8 Å². The number of aryl methyl sites for hydroxylation is 1. The lowest BCUT2D eigenvalue weighted by Gasteiger charge is -2.06. The van der Waals surface area contributed by atoms with Crippen LogP contribution in [0.5, 0.6) is 0 Å². The van der Waals surface area contributed by atoms with E-state index in [4.69, 9.17) is 4.42 Å². The van der Waals surface area contributed by atoms with Crippen molar-refractivity contribution in [3.63, 3.8) is 0 Å². The molecule has 0 atom stereocenters. The Morgan fingerprint density at radius 2 is 2.22 bits per heavy atom. The highest BCUT2D eigenvalue weighted by Crippen LogP contribution is 2.40. The molecule has 0 amide bonds. The quantitative estimate of drug-likeness (QED) is 0.854. The third kappa shape index (κ3) is 2.36. The summed E-state index contributed by atoms with van der Waals surface area (Å²) in [5.74, 6) is 3.33. The second kappa shape index (κ2) is 4.65. The molecule has 0 bridgehead atoms. The minimum absolute atomic E-state index is 0.558. The summed E-state index contributed by atoms with van der Waals surface area (Å²) in [7, 11) is 1.89. The molecule has 1 fully saturated rings. The van der Waals surface area contributed by atoms with E-state index in [1.807, 2.05) is 26.1 Å². The van der Waals surface area contributed by atoms with Crippen molar-refractivity contribution < 1.29 is 4.42 Å². The van der Waals surface area contributed by atoms with Crippen LogP contribution in [-0.2, 0) is 0 Å². The molecule has 0 aliphatic heterocycles. The van der Waals surface area contributed by atoms with Gasteiger partial charge in [0.2, 0.25) is 0 Å². The maximum absolute atomic E-state index is 5.30. The fourth-order valence-electron chi connectivity index (χ4n) is 1.74. The van der Waals surface area contributed by atoms with E-state index in [0.29, 0.717) is 5.92 Å². The molecule has 1 aliphatic rings. The maximum Gasteiger partial charge on any atom is 0.135 e. The van der Waals surface area contributed by atoms with Crippen molar-refractivity contribution >= 4 is 17.6 Å². The topological polar surface area (TPSA) is 51.0 Å². The van der Waals surface area contributed by atoms with Crippen LogP contribution in [0.25, 0.3) is 0 Å². The second-order valence-electron chi connectivity index (χ2n) is 4.42. The smallest absolute Gasteiger partial charge is 0.135 e. The van der Waals surface area contributed by atoms with Crippen LogP contribution in [0.1, 0.15) is 30.3 Å². The van der Waals surface area contributed by atoms with E-state index in [1.54, 1.807) is 18.0 Å². The first-order valence-corrected chi connectivity index (χ1v) is 6.86. The Bertz CT molecular complexity index is 563. The van der Waals surface area contributed by atoms with Crippen molar-refractivity contribution in [2.24, 2.45) is 0 Å². The summed E-state index contributed by atoms with van der Waals surface area (Å²) in [6.45, 7) is 1.96. The van der Waals surface area contributed by atoms with Crippen LogP contribution in [0.4, 0.5) is 5.82 Å². The van der Waals surface area contributed by atoms with E-state index in [1.165, 1.54) is 12.8 Å². The number of hydrogen-bond acceptors (Lipinski definition) is 5. The van der Waals surface area contributed by atoms with Crippen molar-refractivity contribution in [3.05, 3.63) is 30.0 Å². The van der Waals surface area contributed by atoms with Gasteiger partial charge in [0.05, 0.1) is 11.2 Å². The van der Waals surface area contributed by atoms with E-state index >= 15 is 0 Å². The van der Waals surface area contributed by atoms with E-state index in [0.717, 1.165) is 27.3 Å². The minimum atomic E-state index is 0.558. The highest BCUT2D eigenvalue weighted by atomic mass is 32.2. The fraction of sp³-hybridized carbons (Fsp3) is 0.385. The van der Waals surface area contributed by atoms with E-state index in [2.05, 4.69) is 15.3 Å². The summed E-state index contributed by atoms with van der Waals surface area (Å²) in [6, 6.07) is 3.95. The van der Waals surface area contributed by atoms with Gasteiger partial charge in [-0.25, -0.2) is 9.97 Å². The van der Waals surface area contributed by atoms with Gasteiger partial charge in [-0.15, -0.1) is 0 Å². The average molecular weight is 261 g/mol. The van der Waals surface area contributed by atoms with Crippen LogP contribution in [-0.4, -0.2) is 17.0 Å². The number of rotatable bonds is 4. The highest BCUT2D eigenvalue weighted by molar-refractivity contribution is 7.99. The highest BCUT2D eigenvalue weighted by Gasteiger charge is 2.27. The van der Waals surface area contributed by atoms with Crippen molar-refractivity contribution in [1.82, 2.24) is 9.97 Å². The molecule has 4 nitrogen and oxygen atoms in total. The largest absolute Gasteiger partial charge is 0.468 e. The van der Waals surface area contributed by atoms with Gasteiger partial charge in [0.25, 0.3) is 0 Å². The molecule has 2 aromatic heterocycles. The molecule has 0 spiro atoms. The molecule has 2 heterocycles. The average Bonchev–Trinajstić information content (AvgIpc) is 3.15. The van der Waals surface area contributed by atoms with Crippen LogP contribution in [0.3, 0.4) is 0 Å². The Labute approximate surface area is 110 Å². The van der Waals surface area contributed by atoms with Crippen LogP contribution in [0.2, 0.25) is 0 Å². The zero-order chi connectivity index (χ0) is 12.5. The van der Waals surface area contributed by atoms with Crippen molar-refractivity contribution in [2.75, 3.05) is 12.4 Å². The minimum Gasteiger partial charge on any atom is -0.468 e. The number of aromatic nitrogens is 2. The second-order valence-corrected chi connectivity index (χ2v) is 5.48. The fourth-order valence-corrected chi connectivity index (χ4v) is 2.59. The molecule has 2 aromatic rings. The Balaban J connectivity index is 1.90. The SMILES string of the molecule is CNc1cc(Sc2ccoc2C)nc(C2CC2)n1. The van der Waals surface area contributed by atoms with Crippen molar-refractivity contribution in [3.8, 4) is 0 Å². The van der Waals surface area contributed by atoms with Crippen LogP contribution >= 0.6 is 11.8 Å². The van der Waals surface area contributed by atoms with Gasteiger partial charge in [-0.2, -0.15) is 0 Å². The third-order valence-electron chi connectivity index (χ3n) is 2.94. The molecule has 1 aliphatic carbocycles. The predicted molar refractivity (Wildman–Crippen MR) is 71.1 cm³/mol. The Hall–Kier alpha value is -1.49. The normalized spacial score (nSPS) is 14.8. The molecule has 0 radical (unpaired) electrons. The predicted octanol–water partition coefficient (Wildman–Crippen LogP) is 3.45. The van der Waals surface area contributed by atoms with Gasteiger partial charge in [0.1, 0.15) is 22.4 Å². The molecule has 0 saturated heterocycles. The first-order chi connectivity index (χ1) is 8.76. The standard InChI is InChI=1S/C13H15N3OS/c1-8-10(5-6-17-8)18-12-7-11(14-2)15-13(16-12)9-3-4-9/h5-7,9H,3-4H2,1-2H3,(H,14,15,16). The summed E-state index contributed by atoms with van der Waals surface area (Å²) in [4.78, 5) is 10.2. The van der Waals surface area contributed by atoms with Crippen LogP contribution < -0.4 is 5.32 Å². The lowest BCUT2D eigenvalue weighted by molar-refractivity contribution is 0.527. The Morgan fingerprint density at radius 3 is 2.83 bits per heavy atom. The van der Waals surface area contributed by atoms with Gasteiger partial charge < -0.3 is 9.73 Å². The zero-order valence-electron chi connectivity index (χ0n) is 10.4. The zero-order valence-corrected chi connectivity index (χ0v) is 11.3. The molecule has 0 unspecified atom stereocenters. The van der Waals surface area contributed by atoms with E-state index < -0.39 is 0 Å². The number of furan rings is 1. The van der Waals surface area contributed by atoms with Gasteiger partial charge in [-0.1, -0.05) is 11.8 Å². The lowest BCUT2D eigenvalue weighted by Crippen LogP contribution is -2.00. The number of nitrogens with one attached hydrogen (secondary N) is 1. The Morgan fingerprint density at radius 1 is 1.39 bits per heavy atom. The molecule has 0 aromatic carbocycles. The van der Waals surface area contributed by atoms with Gasteiger partial charge in [0.15, 0.2) is 0 Å². The first kappa shape index (κ1) is 11.6. The van der Waals surface area contributed by atoms with Gasteiger partial charge in [-0.3, -0.25) is 0 Å². The van der Waals surface area contributed by atoms with Crippen LogP contribution in [0.15, 0.2) is 32.7 Å². The molecule has 94 valence electrons. The van der Waals surface area contributed by atoms with Gasteiger partial charge >= 0.3 is 0 Å². The monoisotopic (exact) mass is 261 g/mol. The first-order valence-electron chi connectivity index (χ1n) is 6.05. The molecule has 1 N–H and O–H groups in total. The molecule has 18 heavy (non-hydrogen) atoms. The summed E-state index contributed by atoms with van der Waals surface area (Å²) in [6.07, 6.45) is 4.13. The molecular weight excluding hydrogens is 246 g/mol. The lowest BCUT2D eigenvalue weighted by atomic mass is 10.4. The Kier molecular flexibility index (Phi) is 2.99. The number of nitrogens with zero attached hydrogens (tertiary/aromatic N) is 2. The summed E-state index contributed by atoms with van der Waals surface area (Å²) < 4.78 is 5.30. The maximum atomic E-state index is 5.30. The van der Waals surface area contributed by atoms with Crippen LogP contribution in [0, 0.1) is 6.92 Å². The van der Waals surface area contributed by atoms with Crippen molar-refractivity contribution in [2.45, 2.75) is 35.6 Å². The number of hydrogen-bond donors (Lipinski definition) is 1. The molecule has 5 heteroatoms. The molecular formula is C13H15N3OS. The third-order valence-corrected chi connectivity index (χ3v) is 4.01.